The van der Waals surface area contributed by atoms with Crippen molar-refractivity contribution in [2.45, 2.75) is 51.0 Å². The number of rotatable bonds is 6. The fraction of sp³-hybridized carbons (Fsp3) is 0.417. The molecule has 0 aliphatic carbocycles. The van der Waals surface area contributed by atoms with E-state index in [-0.39, 0.29) is 11.3 Å². The van der Waals surface area contributed by atoms with Crippen molar-refractivity contribution >= 4 is 17.4 Å². The average molecular weight is 383 g/mol. The first-order chi connectivity index (χ1) is 13.0. The molecule has 27 heavy (non-hydrogen) atoms. The van der Waals surface area contributed by atoms with Gasteiger partial charge in [0.2, 0.25) is 0 Å². The van der Waals surface area contributed by atoms with Gasteiger partial charge < -0.3 is 0 Å². The molecule has 2 nitrogen and oxygen atoms in total. The van der Waals surface area contributed by atoms with Crippen LogP contribution >= 0.6 is 11.6 Å². The first-order valence-electron chi connectivity index (χ1n) is 9.89. The Bertz CT molecular complexity index is 776. The Hall–Kier alpha value is -1.64. The van der Waals surface area contributed by atoms with Crippen LogP contribution in [-0.4, -0.2) is 23.8 Å². The summed E-state index contributed by atoms with van der Waals surface area (Å²) in [7, 11) is 0. The fourth-order valence-electron chi connectivity index (χ4n) is 4.18. The van der Waals surface area contributed by atoms with Gasteiger partial charge in [0.15, 0.2) is 0 Å². The van der Waals surface area contributed by atoms with E-state index < -0.39 is 0 Å². The van der Waals surface area contributed by atoms with Crippen molar-refractivity contribution in [2.75, 3.05) is 13.1 Å². The maximum atomic E-state index is 12.9. The third-order valence-electron chi connectivity index (χ3n) is 5.92. The van der Waals surface area contributed by atoms with Gasteiger partial charge in [0, 0.05) is 18.0 Å². The molecule has 1 heterocycles. The highest BCUT2D eigenvalue weighted by Gasteiger charge is 2.41. The molecule has 1 aliphatic rings. The monoisotopic (exact) mass is 382 g/mol. The van der Waals surface area contributed by atoms with Crippen LogP contribution in [0.15, 0.2) is 48.5 Å². The molecule has 2 aromatic rings. The third-order valence-corrected chi connectivity index (χ3v) is 6.29. The van der Waals surface area contributed by atoms with Crippen LogP contribution in [0, 0.1) is 6.92 Å². The molecule has 3 heteroatoms. The Morgan fingerprint density at radius 1 is 1.19 bits per heavy atom. The number of Topliss-reactive ketones (excluding diaryl/α,β-unsaturated/α-hetero) is 1. The van der Waals surface area contributed by atoms with Crippen LogP contribution in [0.5, 0.6) is 0 Å². The Kier molecular flexibility index (Phi) is 6.39. The molecule has 1 saturated heterocycles. The van der Waals surface area contributed by atoms with Crippen molar-refractivity contribution in [3.05, 3.63) is 77.2 Å². The van der Waals surface area contributed by atoms with E-state index in [1.807, 2.05) is 31.2 Å². The van der Waals surface area contributed by atoms with E-state index in [0.717, 1.165) is 43.1 Å². The molecule has 1 radical (unpaired) electrons. The third kappa shape index (κ3) is 4.28. The standard InChI is InChI=1S/C24H29ClNO/c1-4-23(27)24(21-8-6-5-7-9-21)12-14-26(15-13-24)17-20-16-19(18(2)3)10-11-22(20)25/h5-11,16,18H,2,4,12-15,17H2,1,3H3. The van der Waals surface area contributed by atoms with Gasteiger partial charge in [-0.15, -0.1) is 0 Å². The highest BCUT2D eigenvalue weighted by molar-refractivity contribution is 6.31. The highest BCUT2D eigenvalue weighted by Crippen LogP contribution is 2.38. The summed E-state index contributed by atoms with van der Waals surface area (Å²) in [6.07, 6.45) is 2.32. The van der Waals surface area contributed by atoms with Gasteiger partial charge in [0.25, 0.3) is 0 Å². The number of carbonyl (C=O) groups excluding carboxylic acids is 1. The molecule has 0 N–H and O–H groups in total. The van der Waals surface area contributed by atoms with Gasteiger partial charge in [-0.3, -0.25) is 9.69 Å². The lowest BCUT2D eigenvalue weighted by molar-refractivity contribution is -0.126. The minimum Gasteiger partial charge on any atom is -0.299 e. The molecule has 1 unspecified atom stereocenters. The molecule has 0 aromatic heterocycles. The molecule has 0 amide bonds. The van der Waals surface area contributed by atoms with Gasteiger partial charge in [-0.05, 0) is 61.5 Å². The van der Waals surface area contributed by atoms with Gasteiger partial charge in [-0.1, -0.05) is 67.9 Å². The molecule has 1 atom stereocenters. The van der Waals surface area contributed by atoms with Crippen molar-refractivity contribution < 1.29 is 4.79 Å². The Balaban J connectivity index is 1.76. The minimum atomic E-state index is -0.333. The van der Waals surface area contributed by atoms with E-state index >= 15 is 0 Å². The molecule has 0 bridgehead atoms. The van der Waals surface area contributed by atoms with E-state index in [4.69, 9.17) is 11.6 Å². The number of halogens is 1. The molecule has 143 valence electrons. The van der Waals surface area contributed by atoms with E-state index in [1.165, 1.54) is 11.1 Å². The first kappa shape index (κ1) is 20.1. The van der Waals surface area contributed by atoms with Crippen LogP contribution in [0.3, 0.4) is 0 Å². The number of likely N-dealkylation sites (tertiary alicyclic amines) is 1. The maximum Gasteiger partial charge on any atom is 0.143 e. The number of piperidine rings is 1. The molecular weight excluding hydrogens is 354 g/mol. The number of carbonyl (C=O) groups is 1. The van der Waals surface area contributed by atoms with Crippen LogP contribution in [0.25, 0.3) is 0 Å². The topological polar surface area (TPSA) is 20.3 Å². The van der Waals surface area contributed by atoms with E-state index in [0.29, 0.717) is 12.2 Å². The van der Waals surface area contributed by atoms with Crippen LogP contribution in [0.4, 0.5) is 0 Å². The van der Waals surface area contributed by atoms with Crippen molar-refractivity contribution in [3.63, 3.8) is 0 Å². The van der Waals surface area contributed by atoms with Crippen molar-refractivity contribution in [3.8, 4) is 0 Å². The van der Waals surface area contributed by atoms with Crippen molar-refractivity contribution in [1.29, 1.82) is 0 Å². The lowest BCUT2D eigenvalue weighted by Gasteiger charge is -2.41. The molecule has 1 aliphatic heterocycles. The zero-order valence-electron chi connectivity index (χ0n) is 16.4. The maximum absolute atomic E-state index is 12.9. The lowest BCUT2D eigenvalue weighted by Crippen LogP contribution is -2.46. The summed E-state index contributed by atoms with van der Waals surface area (Å²) in [4.78, 5) is 15.3. The summed E-state index contributed by atoms with van der Waals surface area (Å²) in [5, 5.41) is 0.809. The summed E-state index contributed by atoms with van der Waals surface area (Å²) >= 11 is 6.44. The quantitative estimate of drug-likeness (QED) is 0.630. The summed E-state index contributed by atoms with van der Waals surface area (Å²) in [6, 6.07) is 16.5. The highest BCUT2D eigenvalue weighted by atomic mass is 35.5. The second kappa shape index (κ2) is 8.58. The Morgan fingerprint density at radius 2 is 1.85 bits per heavy atom. The minimum absolute atomic E-state index is 0.246. The average Bonchev–Trinajstić information content (AvgIpc) is 2.70. The molecule has 1 fully saturated rings. The number of benzene rings is 2. The SMILES string of the molecule is [CH2]C(C)c1ccc(Cl)c(CN2CCC(C(=O)CC)(c3ccccc3)CC2)c1. The van der Waals surface area contributed by atoms with Gasteiger partial charge in [-0.25, -0.2) is 0 Å². The van der Waals surface area contributed by atoms with Crippen LogP contribution in [-0.2, 0) is 16.8 Å². The van der Waals surface area contributed by atoms with E-state index in [1.54, 1.807) is 0 Å². The van der Waals surface area contributed by atoms with E-state index in [2.05, 4.69) is 43.0 Å². The summed E-state index contributed by atoms with van der Waals surface area (Å²) in [5.41, 5.74) is 3.20. The molecular formula is C24H29ClNO. The normalized spacial score (nSPS) is 17.2. The van der Waals surface area contributed by atoms with Crippen LogP contribution in [0.1, 0.15) is 55.7 Å². The Labute approximate surface area is 168 Å². The smallest absolute Gasteiger partial charge is 0.143 e. The number of hydrogen-bond donors (Lipinski definition) is 0. The zero-order valence-corrected chi connectivity index (χ0v) is 17.1. The second-order valence-corrected chi connectivity index (χ2v) is 8.16. The van der Waals surface area contributed by atoms with Gasteiger partial charge >= 0.3 is 0 Å². The number of ketones is 1. The van der Waals surface area contributed by atoms with Crippen molar-refractivity contribution in [1.82, 2.24) is 4.90 Å². The van der Waals surface area contributed by atoms with Crippen LogP contribution in [0.2, 0.25) is 5.02 Å². The fourth-order valence-corrected chi connectivity index (χ4v) is 4.36. The Morgan fingerprint density at radius 3 is 2.44 bits per heavy atom. The molecule has 0 saturated carbocycles. The number of nitrogens with zero attached hydrogens (tertiary/aromatic N) is 1. The largest absolute Gasteiger partial charge is 0.299 e. The van der Waals surface area contributed by atoms with Crippen molar-refractivity contribution in [2.24, 2.45) is 0 Å². The second-order valence-electron chi connectivity index (χ2n) is 7.75. The predicted molar refractivity (Wildman–Crippen MR) is 113 cm³/mol. The summed E-state index contributed by atoms with van der Waals surface area (Å²) < 4.78 is 0. The summed E-state index contributed by atoms with van der Waals surface area (Å²) in [5.74, 6) is 0.606. The lowest BCUT2D eigenvalue weighted by atomic mass is 9.69. The van der Waals surface area contributed by atoms with E-state index in [9.17, 15) is 4.79 Å². The van der Waals surface area contributed by atoms with Gasteiger partial charge in [-0.2, -0.15) is 0 Å². The van der Waals surface area contributed by atoms with Gasteiger partial charge in [0.05, 0.1) is 5.41 Å². The first-order valence-corrected chi connectivity index (χ1v) is 10.3. The van der Waals surface area contributed by atoms with Gasteiger partial charge in [0.1, 0.15) is 5.78 Å². The zero-order chi connectivity index (χ0) is 19.4. The molecule has 2 aromatic carbocycles. The number of hydrogen-bond acceptors (Lipinski definition) is 2. The molecule has 3 rings (SSSR count). The summed E-state index contributed by atoms with van der Waals surface area (Å²) in [6.45, 7) is 10.8. The van der Waals surface area contributed by atoms with Crippen LogP contribution < -0.4 is 0 Å². The predicted octanol–water partition coefficient (Wildman–Crippen LogP) is 5.79. The molecule has 0 spiro atoms.